The number of hydrogen-bond acceptors (Lipinski definition) is 1. The molecule has 1 atom stereocenters. The maximum Gasteiger partial charge on any atom is 0.171 e. The van der Waals surface area contributed by atoms with E-state index in [4.69, 9.17) is 4.43 Å². The molecule has 1 unspecified atom stereocenters. The number of unbranched alkanes of at least 4 members (excludes halogenated alkanes) is 1. The van der Waals surface area contributed by atoms with E-state index >= 15 is 0 Å². The summed E-state index contributed by atoms with van der Waals surface area (Å²) in [5, 5.41) is 0. The van der Waals surface area contributed by atoms with Gasteiger partial charge in [0.15, 0.2) is 9.04 Å². The lowest BCUT2D eigenvalue weighted by Crippen LogP contribution is -2.20. The fourth-order valence-electron chi connectivity index (χ4n) is 1.42. The molecule has 12 heavy (non-hydrogen) atoms. The molecular weight excluding hydrogens is 164 g/mol. The zero-order chi connectivity index (χ0) is 9.40. The lowest BCUT2D eigenvalue weighted by Gasteiger charge is -2.19. The minimum atomic E-state index is -0.803. The average molecular weight is 188 g/mol. The van der Waals surface area contributed by atoms with Crippen molar-refractivity contribution in [3.63, 3.8) is 0 Å². The molecule has 0 spiro atoms. The van der Waals surface area contributed by atoms with Crippen LogP contribution >= 0.6 is 0 Å². The van der Waals surface area contributed by atoms with Gasteiger partial charge in [0.2, 0.25) is 0 Å². The molecular formula is C10H24OSi. The second-order valence-corrected chi connectivity index (χ2v) is 6.11. The Morgan fingerprint density at radius 3 is 2.17 bits per heavy atom. The van der Waals surface area contributed by atoms with Gasteiger partial charge in [-0.05, 0) is 25.9 Å². The van der Waals surface area contributed by atoms with Gasteiger partial charge in [0.05, 0.1) is 0 Å². The summed E-state index contributed by atoms with van der Waals surface area (Å²) in [6, 6.07) is 0. The van der Waals surface area contributed by atoms with Gasteiger partial charge in [-0.2, -0.15) is 0 Å². The van der Waals surface area contributed by atoms with E-state index in [0.717, 1.165) is 0 Å². The largest absolute Gasteiger partial charge is 0.418 e. The molecule has 0 heterocycles. The van der Waals surface area contributed by atoms with Gasteiger partial charge in [0, 0.05) is 6.10 Å². The van der Waals surface area contributed by atoms with Gasteiger partial charge >= 0.3 is 0 Å². The van der Waals surface area contributed by atoms with E-state index in [2.05, 4.69) is 26.9 Å². The third kappa shape index (κ3) is 6.86. The van der Waals surface area contributed by atoms with Gasteiger partial charge < -0.3 is 4.43 Å². The van der Waals surface area contributed by atoms with Crippen LogP contribution in [0.4, 0.5) is 0 Å². The van der Waals surface area contributed by atoms with E-state index in [1.807, 2.05) is 0 Å². The van der Waals surface area contributed by atoms with E-state index in [1.165, 1.54) is 32.1 Å². The van der Waals surface area contributed by atoms with Gasteiger partial charge in [0.1, 0.15) is 0 Å². The van der Waals surface area contributed by atoms with Crippen LogP contribution in [-0.4, -0.2) is 15.1 Å². The van der Waals surface area contributed by atoms with Crippen molar-refractivity contribution >= 4 is 9.04 Å². The van der Waals surface area contributed by atoms with Gasteiger partial charge in [-0.1, -0.05) is 33.1 Å². The monoisotopic (exact) mass is 188 g/mol. The topological polar surface area (TPSA) is 9.23 Å². The molecule has 0 amide bonds. The van der Waals surface area contributed by atoms with Crippen molar-refractivity contribution in [3.8, 4) is 0 Å². The van der Waals surface area contributed by atoms with E-state index in [1.54, 1.807) is 0 Å². The van der Waals surface area contributed by atoms with Crippen LogP contribution in [0.25, 0.3) is 0 Å². The highest BCUT2D eigenvalue weighted by Crippen LogP contribution is 2.11. The minimum Gasteiger partial charge on any atom is -0.418 e. The lowest BCUT2D eigenvalue weighted by atomic mass is 10.1. The molecule has 0 rings (SSSR count). The van der Waals surface area contributed by atoms with Crippen molar-refractivity contribution in [1.82, 2.24) is 0 Å². The Labute approximate surface area is 79.2 Å². The van der Waals surface area contributed by atoms with Crippen LogP contribution in [0.2, 0.25) is 13.1 Å². The highest BCUT2D eigenvalue weighted by atomic mass is 28.3. The van der Waals surface area contributed by atoms with Crippen LogP contribution in [-0.2, 0) is 4.43 Å². The molecule has 0 aromatic carbocycles. The smallest absolute Gasteiger partial charge is 0.171 e. The summed E-state index contributed by atoms with van der Waals surface area (Å²) in [6.07, 6.45) is 6.98. The van der Waals surface area contributed by atoms with Crippen LogP contribution in [0.1, 0.15) is 46.0 Å². The third-order valence-electron chi connectivity index (χ3n) is 1.95. The Balaban J connectivity index is 3.54. The Bertz CT molecular complexity index is 93.8. The van der Waals surface area contributed by atoms with Crippen molar-refractivity contribution < 1.29 is 4.43 Å². The van der Waals surface area contributed by atoms with Gasteiger partial charge in [0.25, 0.3) is 0 Å². The van der Waals surface area contributed by atoms with E-state index in [0.29, 0.717) is 6.10 Å². The standard InChI is InChI=1S/C10H24OSi/c1-5-7-9-10(8-6-2)11-12(3)4/h10,12H,5-9H2,1-4H3. The molecule has 0 aliphatic rings. The average Bonchev–Trinajstić information content (AvgIpc) is 2.00. The summed E-state index contributed by atoms with van der Waals surface area (Å²) >= 11 is 0. The van der Waals surface area contributed by atoms with Crippen molar-refractivity contribution in [2.45, 2.75) is 65.1 Å². The molecule has 0 saturated heterocycles. The molecule has 0 aliphatic carbocycles. The lowest BCUT2D eigenvalue weighted by molar-refractivity contribution is 0.179. The molecule has 0 fully saturated rings. The number of rotatable bonds is 7. The summed E-state index contributed by atoms with van der Waals surface area (Å²) in [4.78, 5) is 0. The molecule has 0 saturated carbocycles. The molecule has 2 heteroatoms. The van der Waals surface area contributed by atoms with E-state index in [-0.39, 0.29) is 0 Å². The highest BCUT2D eigenvalue weighted by Gasteiger charge is 2.09. The Morgan fingerprint density at radius 2 is 1.75 bits per heavy atom. The first kappa shape index (κ1) is 12.2. The predicted molar refractivity (Wildman–Crippen MR) is 58.2 cm³/mol. The van der Waals surface area contributed by atoms with E-state index in [9.17, 15) is 0 Å². The Morgan fingerprint density at radius 1 is 1.08 bits per heavy atom. The SMILES string of the molecule is CCCCC(CCC)O[SiH](C)C. The zero-order valence-corrected chi connectivity index (χ0v) is 10.3. The Hall–Kier alpha value is 0.177. The fraction of sp³-hybridized carbons (Fsp3) is 1.00. The molecule has 0 N–H and O–H groups in total. The van der Waals surface area contributed by atoms with Crippen LogP contribution in [0, 0.1) is 0 Å². The van der Waals surface area contributed by atoms with Crippen molar-refractivity contribution in [2.24, 2.45) is 0 Å². The summed E-state index contributed by atoms with van der Waals surface area (Å²) < 4.78 is 5.93. The van der Waals surface area contributed by atoms with Crippen LogP contribution in [0.3, 0.4) is 0 Å². The van der Waals surface area contributed by atoms with Crippen LogP contribution in [0.5, 0.6) is 0 Å². The highest BCUT2D eigenvalue weighted by molar-refractivity contribution is 6.48. The van der Waals surface area contributed by atoms with Gasteiger partial charge in [-0.3, -0.25) is 0 Å². The molecule has 0 radical (unpaired) electrons. The molecule has 1 nitrogen and oxygen atoms in total. The second-order valence-electron chi connectivity index (χ2n) is 3.74. The summed E-state index contributed by atoms with van der Waals surface area (Å²) in [5.41, 5.74) is 0. The van der Waals surface area contributed by atoms with Gasteiger partial charge in [-0.15, -0.1) is 0 Å². The second kappa shape index (κ2) is 7.81. The number of hydrogen-bond donors (Lipinski definition) is 0. The molecule has 0 aromatic rings. The van der Waals surface area contributed by atoms with Gasteiger partial charge in [-0.25, -0.2) is 0 Å². The first-order valence-corrected chi connectivity index (χ1v) is 8.14. The molecule has 0 aliphatic heterocycles. The predicted octanol–water partition coefficient (Wildman–Crippen LogP) is 3.35. The molecule has 0 aromatic heterocycles. The van der Waals surface area contributed by atoms with Crippen LogP contribution in [0.15, 0.2) is 0 Å². The fourth-order valence-corrected chi connectivity index (χ4v) is 2.46. The third-order valence-corrected chi connectivity index (χ3v) is 2.88. The molecule has 0 bridgehead atoms. The summed E-state index contributed by atoms with van der Waals surface area (Å²) in [5.74, 6) is 0. The minimum absolute atomic E-state index is 0.571. The van der Waals surface area contributed by atoms with E-state index < -0.39 is 9.04 Å². The zero-order valence-electron chi connectivity index (χ0n) is 9.10. The molecule has 74 valence electrons. The summed E-state index contributed by atoms with van der Waals surface area (Å²) in [6.45, 7) is 9.00. The first-order valence-electron chi connectivity index (χ1n) is 5.36. The first-order chi connectivity index (χ1) is 5.70. The quantitative estimate of drug-likeness (QED) is 0.557. The maximum atomic E-state index is 5.93. The van der Waals surface area contributed by atoms with Crippen molar-refractivity contribution in [2.75, 3.05) is 0 Å². The Kier molecular flexibility index (Phi) is 7.92. The summed E-state index contributed by atoms with van der Waals surface area (Å²) in [7, 11) is -0.803. The van der Waals surface area contributed by atoms with Crippen LogP contribution < -0.4 is 0 Å². The maximum absolute atomic E-state index is 5.93. The van der Waals surface area contributed by atoms with Crippen molar-refractivity contribution in [3.05, 3.63) is 0 Å². The normalized spacial score (nSPS) is 13.8. The van der Waals surface area contributed by atoms with Crippen molar-refractivity contribution in [1.29, 1.82) is 0 Å².